The van der Waals surface area contributed by atoms with E-state index in [-0.39, 0.29) is 9.79 Å². The Balaban J connectivity index is 1.75. The summed E-state index contributed by atoms with van der Waals surface area (Å²) in [5, 5.41) is 0. The first kappa shape index (κ1) is 17.5. The molecule has 4 rings (SSSR count). The Morgan fingerprint density at radius 1 is 0.962 bits per heavy atom. The second-order valence-corrected chi connectivity index (χ2v) is 9.29. The van der Waals surface area contributed by atoms with Crippen molar-refractivity contribution in [2.75, 3.05) is 32.1 Å². The number of likely N-dealkylation sites (tertiary alicyclic amines) is 1. The molecule has 0 N–H and O–H groups in total. The molecule has 2 atom stereocenters. The largest absolute Gasteiger partial charge is 0.371 e. The number of sulfone groups is 1. The molecular weight excluding hydrogens is 351 g/mol. The summed E-state index contributed by atoms with van der Waals surface area (Å²) in [5.74, 6) is -0.0896. The minimum Gasteiger partial charge on any atom is -0.371 e. The lowest BCUT2D eigenvalue weighted by Gasteiger charge is -2.25. The van der Waals surface area contributed by atoms with Gasteiger partial charge in [-0.1, -0.05) is 0 Å². The zero-order valence-electron chi connectivity index (χ0n) is 15.0. The van der Waals surface area contributed by atoms with Crippen LogP contribution in [0.1, 0.15) is 24.3 Å². The maximum atomic E-state index is 13.2. The number of benzene rings is 2. The van der Waals surface area contributed by atoms with Crippen LogP contribution in [0, 0.1) is 5.82 Å². The molecule has 2 aliphatic heterocycles. The van der Waals surface area contributed by atoms with Crippen molar-refractivity contribution in [3.63, 3.8) is 0 Å². The van der Waals surface area contributed by atoms with Crippen LogP contribution in [-0.4, -0.2) is 46.5 Å². The Morgan fingerprint density at radius 3 is 2.35 bits per heavy atom. The van der Waals surface area contributed by atoms with E-state index in [1.165, 1.54) is 24.3 Å². The molecular formula is C20H23FN2O2S. The lowest BCUT2D eigenvalue weighted by molar-refractivity contribution is 0.345. The van der Waals surface area contributed by atoms with Crippen LogP contribution in [0.3, 0.4) is 0 Å². The Kier molecular flexibility index (Phi) is 4.28. The number of likely N-dealkylation sites (N-methyl/N-ethyl adjacent to an activating group) is 1. The molecule has 138 valence electrons. The lowest BCUT2D eigenvalue weighted by Crippen LogP contribution is -2.31. The van der Waals surface area contributed by atoms with Crippen LogP contribution in [0.4, 0.5) is 10.1 Å². The van der Waals surface area contributed by atoms with Crippen molar-refractivity contribution < 1.29 is 12.8 Å². The van der Waals surface area contributed by atoms with Gasteiger partial charge in [-0.05, 0) is 81.0 Å². The molecule has 4 nitrogen and oxygen atoms in total. The highest BCUT2D eigenvalue weighted by Gasteiger charge is 2.38. The first-order chi connectivity index (χ1) is 12.4. The molecule has 1 fully saturated rings. The van der Waals surface area contributed by atoms with Gasteiger partial charge in [0.05, 0.1) is 9.79 Å². The number of hydrogen-bond acceptors (Lipinski definition) is 4. The van der Waals surface area contributed by atoms with E-state index in [1.807, 2.05) is 12.1 Å². The minimum atomic E-state index is -3.65. The van der Waals surface area contributed by atoms with E-state index in [2.05, 4.69) is 23.9 Å². The maximum Gasteiger partial charge on any atom is 0.206 e. The molecule has 0 aromatic heterocycles. The minimum absolute atomic E-state index is 0.127. The molecule has 0 amide bonds. The van der Waals surface area contributed by atoms with Crippen molar-refractivity contribution in [2.45, 2.75) is 34.6 Å². The maximum absolute atomic E-state index is 13.2. The van der Waals surface area contributed by atoms with Crippen molar-refractivity contribution in [1.82, 2.24) is 4.90 Å². The molecule has 0 radical (unpaired) electrons. The molecule has 1 saturated heterocycles. The van der Waals surface area contributed by atoms with Gasteiger partial charge in [0.25, 0.3) is 0 Å². The van der Waals surface area contributed by atoms with Gasteiger partial charge >= 0.3 is 0 Å². The van der Waals surface area contributed by atoms with Crippen molar-refractivity contribution in [3.05, 3.63) is 53.8 Å². The van der Waals surface area contributed by atoms with E-state index in [1.54, 1.807) is 6.07 Å². The fourth-order valence-electron chi connectivity index (χ4n) is 4.29. The van der Waals surface area contributed by atoms with Crippen molar-refractivity contribution in [1.29, 1.82) is 0 Å². The average molecular weight is 374 g/mol. The molecule has 26 heavy (non-hydrogen) atoms. The van der Waals surface area contributed by atoms with E-state index in [9.17, 15) is 12.8 Å². The highest BCUT2D eigenvalue weighted by molar-refractivity contribution is 7.91. The number of halogens is 1. The number of rotatable bonds is 2. The average Bonchev–Trinajstić information content (AvgIpc) is 2.76. The summed E-state index contributed by atoms with van der Waals surface area (Å²) in [6.45, 7) is 2.07. The topological polar surface area (TPSA) is 40.6 Å². The summed E-state index contributed by atoms with van der Waals surface area (Å²) in [6.07, 6.45) is 2.10. The van der Waals surface area contributed by atoms with Crippen LogP contribution < -0.4 is 4.90 Å². The first-order valence-electron chi connectivity index (χ1n) is 8.94. The number of hydrogen-bond donors (Lipinski definition) is 0. The van der Waals surface area contributed by atoms with Gasteiger partial charge < -0.3 is 9.80 Å². The summed E-state index contributed by atoms with van der Waals surface area (Å²) < 4.78 is 39.1. The van der Waals surface area contributed by atoms with E-state index in [0.717, 1.165) is 37.2 Å². The van der Waals surface area contributed by atoms with Gasteiger partial charge in [-0.3, -0.25) is 0 Å². The summed E-state index contributed by atoms with van der Waals surface area (Å²) in [7, 11) is 0.588. The second-order valence-electron chi connectivity index (χ2n) is 7.34. The zero-order valence-corrected chi connectivity index (χ0v) is 15.8. The summed E-state index contributed by atoms with van der Waals surface area (Å²) in [6, 6.07) is 10.9. The number of nitrogens with zero attached hydrogens (tertiary/aromatic N) is 2. The molecule has 0 saturated carbocycles. The molecule has 2 heterocycles. The van der Waals surface area contributed by atoms with Gasteiger partial charge in [0, 0.05) is 24.7 Å². The number of fused-ring (bicyclic) bond motifs is 3. The van der Waals surface area contributed by atoms with Gasteiger partial charge in [-0.25, -0.2) is 12.8 Å². The molecule has 1 unspecified atom stereocenters. The van der Waals surface area contributed by atoms with Gasteiger partial charge in [0.1, 0.15) is 5.82 Å². The van der Waals surface area contributed by atoms with Crippen molar-refractivity contribution in [2.24, 2.45) is 0 Å². The molecule has 0 spiro atoms. The SMILES string of the molecule is CN1CCC2[C@H](CC1)c1cc(S(=O)(=O)c3ccc(F)cc3)ccc1N2C. The summed E-state index contributed by atoms with van der Waals surface area (Å²) in [4.78, 5) is 5.05. The van der Waals surface area contributed by atoms with Gasteiger partial charge in [0.15, 0.2) is 0 Å². The fraction of sp³-hybridized carbons (Fsp3) is 0.400. The van der Waals surface area contributed by atoms with Crippen molar-refractivity contribution in [3.8, 4) is 0 Å². The van der Waals surface area contributed by atoms with Gasteiger partial charge in [-0.2, -0.15) is 0 Å². The van der Waals surface area contributed by atoms with Gasteiger partial charge in [-0.15, -0.1) is 0 Å². The van der Waals surface area contributed by atoms with E-state index in [4.69, 9.17) is 0 Å². The first-order valence-corrected chi connectivity index (χ1v) is 10.4. The highest BCUT2D eigenvalue weighted by Crippen LogP contribution is 2.45. The van der Waals surface area contributed by atoms with Crippen LogP contribution >= 0.6 is 0 Å². The quantitative estimate of drug-likeness (QED) is 0.757. The predicted octanol–water partition coefficient (Wildman–Crippen LogP) is 3.29. The molecule has 6 heteroatoms. The Bertz CT molecular complexity index is 927. The molecule has 2 aromatic carbocycles. The number of anilines is 1. The summed E-state index contributed by atoms with van der Waals surface area (Å²) >= 11 is 0. The second kappa shape index (κ2) is 6.35. The van der Waals surface area contributed by atoms with E-state index in [0.29, 0.717) is 12.0 Å². The van der Waals surface area contributed by atoms with Crippen molar-refractivity contribution >= 4 is 15.5 Å². The summed E-state index contributed by atoms with van der Waals surface area (Å²) in [5.41, 5.74) is 2.25. The third-order valence-corrected chi connectivity index (χ3v) is 7.57. The predicted molar refractivity (Wildman–Crippen MR) is 100.0 cm³/mol. The smallest absolute Gasteiger partial charge is 0.206 e. The van der Waals surface area contributed by atoms with Crippen LogP contribution in [0.25, 0.3) is 0 Å². The fourth-order valence-corrected chi connectivity index (χ4v) is 5.59. The van der Waals surface area contributed by atoms with E-state index >= 15 is 0 Å². The Labute approximate surface area is 154 Å². The Morgan fingerprint density at radius 2 is 1.62 bits per heavy atom. The van der Waals surface area contributed by atoms with Crippen LogP contribution in [0.2, 0.25) is 0 Å². The zero-order chi connectivity index (χ0) is 18.5. The molecule has 2 aromatic rings. The Hall–Kier alpha value is -1.92. The third kappa shape index (κ3) is 2.81. The van der Waals surface area contributed by atoms with Gasteiger partial charge in [0.2, 0.25) is 9.84 Å². The van der Waals surface area contributed by atoms with Crippen LogP contribution in [0.15, 0.2) is 52.3 Å². The normalized spacial score (nSPS) is 23.4. The monoisotopic (exact) mass is 374 g/mol. The molecule has 0 aliphatic carbocycles. The molecule has 0 bridgehead atoms. The standard InChI is InChI=1S/C20H23FN2O2S/c1-22-11-9-17-18-13-16(7-8-19(18)23(2)20(17)10-12-22)26(24,25)15-5-3-14(21)4-6-15/h3-8,13,17,20H,9-12H2,1-2H3/t17-,20?/m1/s1. The van der Waals surface area contributed by atoms with E-state index < -0.39 is 15.7 Å². The van der Waals surface area contributed by atoms with Crippen LogP contribution in [-0.2, 0) is 9.84 Å². The van der Waals surface area contributed by atoms with Crippen LogP contribution in [0.5, 0.6) is 0 Å². The highest BCUT2D eigenvalue weighted by atomic mass is 32.2. The molecule has 2 aliphatic rings. The lowest BCUT2D eigenvalue weighted by atomic mass is 9.91. The third-order valence-electron chi connectivity index (χ3n) is 5.80.